The second kappa shape index (κ2) is 6.79. The molecule has 1 atom stereocenters. The van der Waals surface area contributed by atoms with Gasteiger partial charge in [0.1, 0.15) is 0 Å². The summed E-state index contributed by atoms with van der Waals surface area (Å²) in [5, 5.41) is 3.70. The third kappa shape index (κ3) is 4.62. The zero-order valence-electron chi connectivity index (χ0n) is 13.1. The molecule has 0 aromatic carbocycles. The Morgan fingerprint density at radius 2 is 1.89 bits per heavy atom. The minimum absolute atomic E-state index is 0.267. The molecule has 2 rings (SSSR count). The molecule has 0 radical (unpaired) electrons. The van der Waals surface area contributed by atoms with Crippen LogP contribution in [0.3, 0.4) is 0 Å². The van der Waals surface area contributed by atoms with Crippen molar-refractivity contribution in [2.24, 2.45) is 5.92 Å². The van der Waals surface area contributed by atoms with Crippen molar-refractivity contribution in [3.63, 3.8) is 0 Å². The van der Waals surface area contributed by atoms with E-state index in [0.29, 0.717) is 6.04 Å². The molecule has 2 fully saturated rings. The first kappa shape index (κ1) is 15.6. The highest BCUT2D eigenvalue weighted by Crippen LogP contribution is 2.20. The highest BCUT2D eigenvalue weighted by molar-refractivity contribution is 7.99. The highest BCUT2D eigenvalue weighted by Gasteiger charge is 2.33. The summed E-state index contributed by atoms with van der Waals surface area (Å²) in [6.07, 6.45) is 0. The van der Waals surface area contributed by atoms with Gasteiger partial charge in [0, 0.05) is 62.4 Å². The van der Waals surface area contributed by atoms with Gasteiger partial charge in [-0.3, -0.25) is 4.90 Å². The van der Waals surface area contributed by atoms with Crippen molar-refractivity contribution >= 4 is 11.8 Å². The summed E-state index contributed by atoms with van der Waals surface area (Å²) in [5.74, 6) is 3.38. The Hall–Kier alpha value is 0.230. The maximum Gasteiger partial charge on any atom is 0.0252 e. The standard InChI is InChI=1S/C15H31N3S/c1-13(2)14-11-16-15(3,4)12-18(14)6-5-17-7-9-19-10-8-17/h13-14,16H,5-12H2,1-4H3. The fourth-order valence-electron chi connectivity index (χ4n) is 3.19. The van der Waals surface area contributed by atoms with E-state index in [1.165, 1.54) is 44.2 Å². The Morgan fingerprint density at radius 3 is 2.53 bits per heavy atom. The molecule has 1 N–H and O–H groups in total. The van der Waals surface area contributed by atoms with Gasteiger partial charge in [0.25, 0.3) is 0 Å². The summed E-state index contributed by atoms with van der Waals surface area (Å²) in [5.41, 5.74) is 0.267. The number of hydrogen-bond donors (Lipinski definition) is 1. The Bertz CT molecular complexity index is 275. The van der Waals surface area contributed by atoms with Gasteiger partial charge in [-0.2, -0.15) is 11.8 Å². The third-order valence-electron chi connectivity index (χ3n) is 4.43. The van der Waals surface area contributed by atoms with Crippen LogP contribution in [0.2, 0.25) is 0 Å². The summed E-state index contributed by atoms with van der Waals surface area (Å²) in [6, 6.07) is 0.701. The van der Waals surface area contributed by atoms with Crippen LogP contribution in [0.4, 0.5) is 0 Å². The van der Waals surface area contributed by atoms with Crippen LogP contribution in [0.5, 0.6) is 0 Å². The van der Waals surface area contributed by atoms with E-state index in [1.54, 1.807) is 0 Å². The van der Waals surface area contributed by atoms with Crippen molar-refractivity contribution < 1.29 is 0 Å². The van der Waals surface area contributed by atoms with Crippen LogP contribution >= 0.6 is 11.8 Å². The SMILES string of the molecule is CC(C)C1CNC(C)(C)CN1CCN1CCSCC1. The number of nitrogens with one attached hydrogen (secondary N) is 1. The largest absolute Gasteiger partial charge is 0.309 e. The number of nitrogens with zero attached hydrogens (tertiary/aromatic N) is 2. The molecule has 0 saturated carbocycles. The molecule has 19 heavy (non-hydrogen) atoms. The molecular weight excluding hydrogens is 254 g/mol. The Morgan fingerprint density at radius 1 is 1.21 bits per heavy atom. The molecule has 1 unspecified atom stereocenters. The molecule has 4 heteroatoms. The van der Waals surface area contributed by atoms with Gasteiger partial charge in [0.15, 0.2) is 0 Å². The number of piperazine rings is 1. The van der Waals surface area contributed by atoms with Crippen molar-refractivity contribution in [2.45, 2.75) is 39.3 Å². The maximum absolute atomic E-state index is 3.70. The Balaban J connectivity index is 1.86. The third-order valence-corrected chi connectivity index (χ3v) is 5.38. The second-order valence-electron chi connectivity index (χ2n) is 7.00. The summed E-state index contributed by atoms with van der Waals surface area (Å²) in [6.45, 7) is 16.7. The topological polar surface area (TPSA) is 18.5 Å². The van der Waals surface area contributed by atoms with Crippen molar-refractivity contribution in [1.82, 2.24) is 15.1 Å². The Kier molecular flexibility index (Phi) is 5.58. The lowest BCUT2D eigenvalue weighted by atomic mass is 9.93. The van der Waals surface area contributed by atoms with E-state index in [0.717, 1.165) is 12.5 Å². The van der Waals surface area contributed by atoms with Crippen molar-refractivity contribution in [3.05, 3.63) is 0 Å². The normalized spacial score (nSPS) is 29.8. The fourth-order valence-corrected chi connectivity index (χ4v) is 4.17. The lowest BCUT2D eigenvalue weighted by Gasteiger charge is -2.47. The molecule has 3 nitrogen and oxygen atoms in total. The van der Waals surface area contributed by atoms with E-state index < -0.39 is 0 Å². The molecule has 2 aliphatic heterocycles. The van der Waals surface area contributed by atoms with Crippen molar-refractivity contribution in [2.75, 3.05) is 50.8 Å². The molecule has 0 bridgehead atoms. The van der Waals surface area contributed by atoms with E-state index in [1.807, 2.05) is 0 Å². The van der Waals surface area contributed by atoms with Crippen LogP contribution in [0.25, 0.3) is 0 Å². The molecule has 0 aromatic heterocycles. The number of rotatable bonds is 4. The first-order valence-corrected chi connectivity index (χ1v) is 8.92. The molecule has 2 saturated heterocycles. The van der Waals surface area contributed by atoms with Gasteiger partial charge in [-0.05, 0) is 19.8 Å². The van der Waals surface area contributed by atoms with Gasteiger partial charge in [-0.25, -0.2) is 0 Å². The minimum Gasteiger partial charge on any atom is -0.309 e. The van der Waals surface area contributed by atoms with Crippen LogP contribution in [-0.4, -0.2) is 72.2 Å². The monoisotopic (exact) mass is 285 g/mol. The first-order valence-electron chi connectivity index (χ1n) is 7.77. The Labute approximate surface area is 123 Å². The highest BCUT2D eigenvalue weighted by atomic mass is 32.2. The van der Waals surface area contributed by atoms with E-state index in [9.17, 15) is 0 Å². The van der Waals surface area contributed by atoms with Crippen molar-refractivity contribution in [1.29, 1.82) is 0 Å². The molecule has 0 spiro atoms. The van der Waals surface area contributed by atoms with E-state index >= 15 is 0 Å². The van der Waals surface area contributed by atoms with E-state index in [4.69, 9.17) is 0 Å². The van der Waals surface area contributed by atoms with Crippen LogP contribution in [-0.2, 0) is 0 Å². The lowest BCUT2D eigenvalue weighted by molar-refractivity contribution is 0.0604. The summed E-state index contributed by atoms with van der Waals surface area (Å²) < 4.78 is 0. The summed E-state index contributed by atoms with van der Waals surface area (Å²) in [7, 11) is 0. The molecular formula is C15H31N3S. The quantitative estimate of drug-likeness (QED) is 0.848. The van der Waals surface area contributed by atoms with Crippen LogP contribution < -0.4 is 5.32 Å². The average Bonchev–Trinajstić information content (AvgIpc) is 2.36. The van der Waals surface area contributed by atoms with Gasteiger partial charge in [0.2, 0.25) is 0 Å². The van der Waals surface area contributed by atoms with Gasteiger partial charge in [0.05, 0.1) is 0 Å². The maximum atomic E-state index is 3.70. The summed E-state index contributed by atoms with van der Waals surface area (Å²) in [4.78, 5) is 5.37. The van der Waals surface area contributed by atoms with Gasteiger partial charge in [-0.15, -0.1) is 0 Å². The molecule has 0 aliphatic carbocycles. The molecule has 2 aliphatic rings. The van der Waals surface area contributed by atoms with Crippen LogP contribution in [0, 0.1) is 5.92 Å². The van der Waals surface area contributed by atoms with E-state index in [-0.39, 0.29) is 5.54 Å². The minimum atomic E-state index is 0.267. The zero-order chi connectivity index (χ0) is 13.9. The first-order chi connectivity index (χ1) is 8.98. The smallest absolute Gasteiger partial charge is 0.0252 e. The van der Waals surface area contributed by atoms with Gasteiger partial charge >= 0.3 is 0 Å². The zero-order valence-corrected chi connectivity index (χ0v) is 13.9. The van der Waals surface area contributed by atoms with Gasteiger partial charge < -0.3 is 10.2 Å². The van der Waals surface area contributed by atoms with Crippen LogP contribution in [0.15, 0.2) is 0 Å². The second-order valence-corrected chi connectivity index (χ2v) is 8.23. The molecule has 2 heterocycles. The molecule has 0 amide bonds. The van der Waals surface area contributed by atoms with Crippen molar-refractivity contribution in [3.8, 4) is 0 Å². The fraction of sp³-hybridized carbons (Fsp3) is 1.00. The number of thioether (sulfide) groups is 1. The van der Waals surface area contributed by atoms with Gasteiger partial charge in [-0.1, -0.05) is 13.8 Å². The van der Waals surface area contributed by atoms with Crippen LogP contribution in [0.1, 0.15) is 27.7 Å². The average molecular weight is 286 g/mol. The van der Waals surface area contributed by atoms with E-state index in [2.05, 4.69) is 54.6 Å². The lowest BCUT2D eigenvalue weighted by Crippen LogP contribution is -2.63. The summed E-state index contributed by atoms with van der Waals surface area (Å²) >= 11 is 2.10. The predicted octanol–water partition coefficient (Wildman–Crippen LogP) is 1.74. The predicted molar refractivity (Wildman–Crippen MR) is 86.0 cm³/mol. The molecule has 112 valence electrons. The number of hydrogen-bond acceptors (Lipinski definition) is 4. The molecule has 0 aromatic rings.